The van der Waals surface area contributed by atoms with Gasteiger partial charge in [0.25, 0.3) is 0 Å². The Bertz CT molecular complexity index is 932. The van der Waals surface area contributed by atoms with E-state index in [4.69, 9.17) is 4.74 Å². The van der Waals surface area contributed by atoms with Crippen LogP contribution in [0.15, 0.2) is 53.4 Å². The summed E-state index contributed by atoms with van der Waals surface area (Å²) < 4.78 is 5.28. The molecule has 2 aliphatic heterocycles. The first-order valence-electron chi connectivity index (χ1n) is 10.6. The summed E-state index contributed by atoms with van der Waals surface area (Å²) in [4.78, 5) is 1.56. The van der Waals surface area contributed by atoms with Crippen LogP contribution in [0.5, 0.6) is 5.75 Å². The van der Waals surface area contributed by atoms with Crippen LogP contribution >= 0.6 is 23.5 Å². The zero-order valence-electron chi connectivity index (χ0n) is 16.3. The van der Waals surface area contributed by atoms with Crippen LogP contribution in [-0.2, 0) is 12.8 Å². The number of rotatable bonds is 4. The molecule has 5 unspecified atom stereocenters. The predicted octanol–water partition coefficient (Wildman–Crippen LogP) is 6.22. The summed E-state index contributed by atoms with van der Waals surface area (Å²) >= 11 is 4.30. The molecule has 2 aromatic carbocycles. The summed E-state index contributed by atoms with van der Waals surface area (Å²) in [5.74, 6) is 4.72. The lowest BCUT2D eigenvalue weighted by molar-refractivity contribution is 0.352. The highest BCUT2D eigenvalue weighted by Crippen LogP contribution is 2.62. The Labute approximate surface area is 176 Å². The van der Waals surface area contributed by atoms with Gasteiger partial charge in [0.15, 0.2) is 0 Å². The van der Waals surface area contributed by atoms with Crippen LogP contribution in [0.2, 0.25) is 0 Å². The number of hydrogen-bond donors (Lipinski definition) is 0. The van der Waals surface area contributed by atoms with Gasteiger partial charge in [-0.25, -0.2) is 0 Å². The van der Waals surface area contributed by atoms with E-state index in [1.54, 1.807) is 28.7 Å². The molecular formula is C25H26OS2. The lowest BCUT2D eigenvalue weighted by Crippen LogP contribution is -2.36. The molecule has 144 valence electrons. The van der Waals surface area contributed by atoms with E-state index in [0.717, 1.165) is 34.5 Å². The Hall–Kier alpha value is -1.32. The molecule has 0 radical (unpaired) electrons. The smallest absolute Gasteiger partial charge is 0.118 e. The number of hydrogen-bond acceptors (Lipinski definition) is 3. The summed E-state index contributed by atoms with van der Waals surface area (Å²) in [5, 5.41) is 1.51. The van der Waals surface area contributed by atoms with Gasteiger partial charge in [0.1, 0.15) is 5.75 Å². The summed E-state index contributed by atoms with van der Waals surface area (Å²) in [5.41, 5.74) is 6.53. The molecule has 3 heteroatoms. The average Bonchev–Trinajstić information content (AvgIpc) is 3.34. The Morgan fingerprint density at radius 1 is 1.07 bits per heavy atom. The topological polar surface area (TPSA) is 9.23 Å². The van der Waals surface area contributed by atoms with E-state index in [2.05, 4.69) is 72.1 Å². The first-order chi connectivity index (χ1) is 13.8. The van der Waals surface area contributed by atoms with E-state index in [0.29, 0.717) is 5.92 Å². The van der Waals surface area contributed by atoms with Gasteiger partial charge in [0.05, 0.1) is 7.11 Å². The first-order valence-corrected chi connectivity index (χ1v) is 12.5. The molecule has 1 nitrogen and oxygen atoms in total. The number of aryl methyl sites for hydroxylation is 1. The van der Waals surface area contributed by atoms with Crippen molar-refractivity contribution in [3.05, 3.63) is 70.8 Å². The van der Waals surface area contributed by atoms with Gasteiger partial charge in [-0.05, 0) is 83.7 Å². The lowest BCUT2D eigenvalue weighted by Gasteiger charge is -2.47. The van der Waals surface area contributed by atoms with Crippen molar-refractivity contribution in [3.8, 4) is 5.75 Å². The van der Waals surface area contributed by atoms with Crippen LogP contribution in [0.1, 0.15) is 46.9 Å². The van der Waals surface area contributed by atoms with Gasteiger partial charge in [-0.2, -0.15) is 11.8 Å². The minimum absolute atomic E-state index is 0.714. The van der Waals surface area contributed by atoms with E-state index >= 15 is 0 Å². The SMILES string of the molecule is COc1ccc(CCC2Cc3c(ccc4c3C3C=CC5SCCC5C43)S2)cc1. The molecule has 2 heterocycles. The van der Waals surface area contributed by atoms with Crippen LogP contribution in [0.4, 0.5) is 0 Å². The zero-order chi connectivity index (χ0) is 18.7. The molecular weight excluding hydrogens is 380 g/mol. The van der Waals surface area contributed by atoms with Crippen molar-refractivity contribution in [2.75, 3.05) is 12.9 Å². The van der Waals surface area contributed by atoms with E-state index in [1.165, 1.54) is 30.6 Å². The molecule has 0 N–H and O–H groups in total. The summed E-state index contributed by atoms with van der Waals surface area (Å²) in [6.45, 7) is 0. The Morgan fingerprint density at radius 3 is 2.82 bits per heavy atom. The Kier molecular flexibility index (Phi) is 4.31. The van der Waals surface area contributed by atoms with Crippen LogP contribution in [0.3, 0.4) is 0 Å². The number of fused-ring (bicyclic) bond motifs is 8. The maximum Gasteiger partial charge on any atom is 0.118 e. The fourth-order valence-electron chi connectivity index (χ4n) is 5.83. The van der Waals surface area contributed by atoms with Crippen molar-refractivity contribution in [2.45, 2.75) is 52.9 Å². The standard InChI is InChI=1S/C25H26OS2/c1-26-16-5-2-15(3-6-16)4-7-17-14-21-23(28-17)11-9-20-24-18-12-13-27-22(18)10-8-19(24)25(20)21/h2-3,5-6,8-11,17-19,22,24H,4,7,12-14H2,1H3. The lowest BCUT2D eigenvalue weighted by atomic mass is 9.57. The summed E-state index contributed by atoms with van der Waals surface area (Å²) in [6, 6.07) is 13.5. The molecule has 6 rings (SSSR count). The van der Waals surface area contributed by atoms with E-state index < -0.39 is 0 Å². The molecule has 5 atom stereocenters. The van der Waals surface area contributed by atoms with Crippen molar-refractivity contribution in [1.29, 1.82) is 0 Å². The average molecular weight is 407 g/mol. The molecule has 2 aliphatic carbocycles. The predicted molar refractivity (Wildman–Crippen MR) is 120 cm³/mol. The number of allylic oxidation sites excluding steroid dienone is 1. The second-order valence-electron chi connectivity index (χ2n) is 8.60. The van der Waals surface area contributed by atoms with Gasteiger partial charge >= 0.3 is 0 Å². The summed E-state index contributed by atoms with van der Waals surface area (Å²) in [7, 11) is 1.73. The van der Waals surface area contributed by atoms with Crippen molar-refractivity contribution < 1.29 is 4.74 Å². The van der Waals surface area contributed by atoms with Gasteiger partial charge in [-0.15, -0.1) is 11.8 Å². The highest BCUT2D eigenvalue weighted by Gasteiger charge is 2.49. The van der Waals surface area contributed by atoms with Crippen molar-refractivity contribution in [1.82, 2.24) is 0 Å². The zero-order valence-corrected chi connectivity index (χ0v) is 17.9. The third kappa shape index (κ3) is 2.69. The molecule has 0 amide bonds. The molecule has 0 saturated carbocycles. The summed E-state index contributed by atoms with van der Waals surface area (Å²) in [6.07, 6.45) is 10.2. The van der Waals surface area contributed by atoms with Crippen molar-refractivity contribution in [2.24, 2.45) is 5.92 Å². The van der Waals surface area contributed by atoms with Gasteiger partial charge in [0.2, 0.25) is 0 Å². The van der Waals surface area contributed by atoms with E-state index in [9.17, 15) is 0 Å². The molecule has 0 aromatic heterocycles. The molecule has 1 saturated heterocycles. The Morgan fingerprint density at radius 2 is 1.96 bits per heavy atom. The minimum Gasteiger partial charge on any atom is -0.497 e. The fourth-order valence-corrected chi connectivity index (χ4v) is 8.59. The molecule has 1 fully saturated rings. The molecule has 0 spiro atoms. The highest BCUT2D eigenvalue weighted by molar-refractivity contribution is 8.00. The van der Waals surface area contributed by atoms with Crippen LogP contribution < -0.4 is 4.74 Å². The van der Waals surface area contributed by atoms with Crippen molar-refractivity contribution in [3.63, 3.8) is 0 Å². The van der Waals surface area contributed by atoms with Crippen LogP contribution in [-0.4, -0.2) is 23.4 Å². The quantitative estimate of drug-likeness (QED) is 0.558. The fraction of sp³-hybridized carbons (Fsp3) is 0.440. The second kappa shape index (κ2) is 6.88. The van der Waals surface area contributed by atoms with E-state index in [-0.39, 0.29) is 0 Å². The normalized spacial score (nSPS) is 31.5. The number of methoxy groups -OCH3 is 1. The minimum atomic E-state index is 0.714. The van der Waals surface area contributed by atoms with Gasteiger partial charge in [0, 0.05) is 21.3 Å². The van der Waals surface area contributed by atoms with Gasteiger partial charge in [-0.3, -0.25) is 0 Å². The first kappa shape index (κ1) is 17.5. The maximum absolute atomic E-state index is 5.28. The largest absolute Gasteiger partial charge is 0.497 e. The monoisotopic (exact) mass is 406 g/mol. The number of thioether (sulfide) groups is 2. The molecule has 28 heavy (non-hydrogen) atoms. The molecule has 2 aromatic rings. The Balaban J connectivity index is 1.18. The molecule has 0 bridgehead atoms. The third-order valence-electron chi connectivity index (χ3n) is 7.22. The number of ether oxygens (including phenoxy) is 1. The van der Waals surface area contributed by atoms with Gasteiger partial charge in [-0.1, -0.05) is 30.4 Å². The van der Waals surface area contributed by atoms with Crippen molar-refractivity contribution >= 4 is 23.5 Å². The van der Waals surface area contributed by atoms with Crippen LogP contribution in [0.25, 0.3) is 0 Å². The van der Waals surface area contributed by atoms with Crippen LogP contribution in [0, 0.1) is 5.92 Å². The number of benzene rings is 2. The third-order valence-corrected chi connectivity index (χ3v) is 9.95. The van der Waals surface area contributed by atoms with E-state index in [1.807, 2.05) is 0 Å². The highest BCUT2D eigenvalue weighted by atomic mass is 32.2. The second-order valence-corrected chi connectivity index (χ2v) is 11.2. The van der Waals surface area contributed by atoms with Gasteiger partial charge < -0.3 is 4.74 Å². The maximum atomic E-state index is 5.28. The molecule has 4 aliphatic rings.